The van der Waals surface area contributed by atoms with Crippen LogP contribution in [0.15, 0.2) is 42.9 Å². The molecule has 3 aliphatic rings. The molecule has 1 saturated carbocycles. The van der Waals surface area contributed by atoms with Gasteiger partial charge in [-0.1, -0.05) is 6.42 Å². The van der Waals surface area contributed by atoms with Gasteiger partial charge in [0.05, 0.1) is 30.7 Å². The average molecular weight is 672 g/mol. The number of fused-ring (bicyclic) bond motifs is 1. The monoisotopic (exact) mass is 671 g/mol. The van der Waals surface area contributed by atoms with Crippen molar-refractivity contribution < 1.29 is 23.1 Å². The minimum atomic E-state index is -4.66. The highest BCUT2D eigenvalue weighted by Gasteiger charge is 2.44. The predicted molar refractivity (Wildman–Crippen MR) is 175 cm³/mol. The molecular weight excluding hydrogens is 635 g/mol. The van der Waals surface area contributed by atoms with Crippen molar-refractivity contribution in [3.8, 4) is 28.6 Å². The summed E-state index contributed by atoms with van der Waals surface area (Å²) in [6, 6.07) is 9.95. The number of hydrogen-bond donors (Lipinski definition) is 2. The Morgan fingerprint density at radius 3 is 2.61 bits per heavy atom. The summed E-state index contributed by atoms with van der Waals surface area (Å²) in [5.74, 6) is 0.365. The molecule has 5 heterocycles. The van der Waals surface area contributed by atoms with Crippen LogP contribution in [0.25, 0.3) is 22.5 Å². The van der Waals surface area contributed by atoms with Crippen molar-refractivity contribution in [2.75, 3.05) is 29.9 Å². The van der Waals surface area contributed by atoms with E-state index in [-0.39, 0.29) is 42.3 Å². The third-order valence-corrected chi connectivity index (χ3v) is 9.98. The van der Waals surface area contributed by atoms with Gasteiger partial charge >= 0.3 is 6.18 Å². The van der Waals surface area contributed by atoms with Crippen LogP contribution in [0.1, 0.15) is 64.8 Å². The third-order valence-electron chi connectivity index (χ3n) is 9.98. The summed E-state index contributed by atoms with van der Waals surface area (Å²) >= 11 is 0. The Bertz CT molecular complexity index is 1960. The number of aromatic nitrogens is 5. The molecule has 11 nitrogen and oxygen atoms in total. The lowest BCUT2D eigenvalue weighted by Gasteiger charge is -2.38. The summed E-state index contributed by atoms with van der Waals surface area (Å²) in [6.45, 7) is 3.56. The van der Waals surface area contributed by atoms with Crippen molar-refractivity contribution in [2.45, 2.75) is 64.4 Å². The number of aliphatic hydroxyl groups is 1. The standard InChI is InChI=1S/C35H36F3N9O2/c1-21-10-25(27(16-40-21)32-44-42-20-45(32)2)23-13-30(41-15-24(48)4-8-39)43-31(14-23)47-18-28-26(33(47)49)11-22(12-29(28)35(36,37)38)17-46-9-7-34(19-46)5-3-6-34/h10-14,16,20,24,48H,3-7,9,15,17-19H2,1-2H3,(H,41,43). The topological polar surface area (TPSA) is 136 Å². The number of carbonyl (C=O) groups excluding carboxylic acids is 1. The molecule has 254 valence electrons. The van der Waals surface area contributed by atoms with Crippen LogP contribution < -0.4 is 10.2 Å². The van der Waals surface area contributed by atoms with Crippen LogP contribution in [0, 0.1) is 23.7 Å². The fourth-order valence-electron chi connectivity index (χ4n) is 7.31. The normalized spacial score (nSPS) is 17.7. The Morgan fingerprint density at radius 2 is 1.94 bits per heavy atom. The first-order chi connectivity index (χ1) is 23.4. The van der Waals surface area contributed by atoms with Crippen LogP contribution in [0.5, 0.6) is 0 Å². The zero-order valence-corrected chi connectivity index (χ0v) is 27.3. The first-order valence-electron chi connectivity index (χ1n) is 16.3. The second kappa shape index (κ2) is 12.5. The van der Waals surface area contributed by atoms with E-state index in [0.29, 0.717) is 45.7 Å². The molecule has 1 aromatic carbocycles. The molecule has 1 atom stereocenters. The van der Waals surface area contributed by atoms with E-state index in [1.54, 1.807) is 42.3 Å². The molecule has 14 heteroatoms. The molecule has 1 aliphatic carbocycles. The number of amides is 1. The number of carbonyl (C=O) groups is 1. The Morgan fingerprint density at radius 1 is 1.12 bits per heavy atom. The number of aliphatic hydroxyl groups excluding tert-OH is 1. The predicted octanol–water partition coefficient (Wildman–Crippen LogP) is 5.49. The average Bonchev–Trinajstić information content (AvgIpc) is 3.76. The van der Waals surface area contributed by atoms with Gasteiger partial charge in [0.1, 0.15) is 18.0 Å². The van der Waals surface area contributed by atoms with Crippen LogP contribution in [0.3, 0.4) is 0 Å². The van der Waals surface area contributed by atoms with E-state index >= 15 is 0 Å². The van der Waals surface area contributed by atoms with Crippen LogP contribution in [-0.4, -0.2) is 66.4 Å². The smallest absolute Gasteiger partial charge is 0.390 e. The highest BCUT2D eigenvalue weighted by Crippen LogP contribution is 2.48. The molecule has 1 spiro atoms. The summed E-state index contributed by atoms with van der Waals surface area (Å²) in [4.78, 5) is 26.6. The van der Waals surface area contributed by atoms with Gasteiger partial charge in [-0.3, -0.25) is 19.6 Å². The number of hydrogen-bond acceptors (Lipinski definition) is 9. The van der Waals surface area contributed by atoms with E-state index in [2.05, 4.69) is 30.4 Å². The lowest BCUT2D eigenvalue weighted by atomic mass is 9.68. The number of anilines is 2. The second-order valence-electron chi connectivity index (χ2n) is 13.5. The van der Waals surface area contributed by atoms with E-state index in [0.717, 1.165) is 32.4 Å². The number of likely N-dealkylation sites (tertiary alicyclic amines) is 1. The zero-order chi connectivity index (χ0) is 34.5. The highest BCUT2D eigenvalue weighted by atomic mass is 19.4. The van der Waals surface area contributed by atoms with E-state index in [1.165, 1.54) is 17.4 Å². The second-order valence-corrected chi connectivity index (χ2v) is 13.5. The number of alkyl halides is 3. The molecule has 2 fully saturated rings. The maximum atomic E-state index is 14.6. The number of nitrogens with one attached hydrogen (secondary N) is 1. The molecule has 7 rings (SSSR count). The molecule has 49 heavy (non-hydrogen) atoms. The molecule has 0 radical (unpaired) electrons. The maximum absolute atomic E-state index is 14.6. The number of pyridine rings is 2. The number of rotatable bonds is 9. The number of halogens is 3. The molecule has 0 bridgehead atoms. The largest absolute Gasteiger partial charge is 0.416 e. The molecule has 2 aliphatic heterocycles. The number of nitriles is 1. The van der Waals surface area contributed by atoms with Gasteiger partial charge in [0.2, 0.25) is 0 Å². The molecule has 3 aromatic heterocycles. The Hall–Kier alpha value is -4.87. The van der Waals surface area contributed by atoms with E-state index in [1.807, 2.05) is 19.1 Å². The Balaban J connectivity index is 1.28. The minimum Gasteiger partial charge on any atom is -0.390 e. The van der Waals surface area contributed by atoms with Crippen LogP contribution in [0.2, 0.25) is 0 Å². The van der Waals surface area contributed by atoms with Crippen LogP contribution in [0.4, 0.5) is 24.8 Å². The van der Waals surface area contributed by atoms with Crippen molar-refractivity contribution in [3.63, 3.8) is 0 Å². The maximum Gasteiger partial charge on any atom is 0.416 e. The van der Waals surface area contributed by atoms with E-state index in [9.17, 15) is 23.1 Å². The van der Waals surface area contributed by atoms with Crippen LogP contribution in [-0.2, 0) is 26.3 Å². The van der Waals surface area contributed by atoms with Crippen molar-refractivity contribution in [1.82, 2.24) is 29.6 Å². The number of benzene rings is 1. The highest BCUT2D eigenvalue weighted by molar-refractivity contribution is 6.10. The van der Waals surface area contributed by atoms with Crippen LogP contribution >= 0.6 is 0 Å². The Labute approximate surface area is 281 Å². The lowest BCUT2D eigenvalue weighted by Crippen LogP contribution is -2.33. The molecule has 4 aromatic rings. The molecular formula is C35H36F3N9O2. The summed E-state index contributed by atoms with van der Waals surface area (Å²) < 4.78 is 45.5. The lowest BCUT2D eigenvalue weighted by molar-refractivity contribution is -0.138. The third kappa shape index (κ3) is 6.36. The van der Waals surface area contributed by atoms with Gasteiger partial charge in [-0.15, -0.1) is 10.2 Å². The van der Waals surface area contributed by atoms with Gasteiger partial charge in [0.25, 0.3) is 5.91 Å². The fraction of sp³-hybridized carbons (Fsp3) is 0.429. The molecule has 1 amide bonds. The van der Waals surface area contributed by atoms with E-state index in [4.69, 9.17) is 5.26 Å². The van der Waals surface area contributed by atoms with Gasteiger partial charge < -0.3 is 15.0 Å². The van der Waals surface area contributed by atoms with Crippen molar-refractivity contribution in [3.05, 3.63) is 70.8 Å². The number of nitrogens with zero attached hydrogens (tertiary/aromatic N) is 8. The zero-order valence-electron chi connectivity index (χ0n) is 27.3. The number of aryl methyl sites for hydroxylation is 2. The quantitative estimate of drug-likeness (QED) is 0.237. The minimum absolute atomic E-state index is 0.0114. The molecule has 2 N–H and O–H groups in total. The van der Waals surface area contributed by atoms with Gasteiger partial charge in [0, 0.05) is 49.7 Å². The van der Waals surface area contributed by atoms with Crippen molar-refractivity contribution in [1.29, 1.82) is 5.26 Å². The van der Waals surface area contributed by atoms with Gasteiger partial charge in [-0.25, -0.2) is 4.98 Å². The van der Waals surface area contributed by atoms with Crippen molar-refractivity contribution in [2.24, 2.45) is 12.5 Å². The molecule has 1 saturated heterocycles. The van der Waals surface area contributed by atoms with Gasteiger partial charge in [-0.05, 0) is 90.7 Å². The summed E-state index contributed by atoms with van der Waals surface area (Å²) in [7, 11) is 1.79. The first kappa shape index (κ1) is 32.7. The van der Waals surface area contributed by atoms with Crippen molar-refractivity contribution >= 4 is 17.5 Å². The summed E-state index contributed by atoms with van der Waals surface area (Å²) in [6.07, 6.45) is 2.04. The Kier molecular flexibility index (Phi) is 8.36. The van der Waals surface area contributed by atoms with E-state index < -0.39 is 23.8 Å². The SMILES string of the molecule is Cc1cc(-c2cc(NCC(O)CC#N)nc(N3Cc4c(cc(CN5CCC6(CCC6)C5)cc4C(F)(F)F)C3=O)c2)c(-c2nncn2C)cn1. The van der Waals surface area contributed by atoms with Gasteiger partial charge in [0.15, 0.2) is 5.82 Å². The summed E-state index contributed by atoms with van der Waals surface area (Å²) in [5, 5.41) is 30.5. The van der Waals surface area contributed by atoms with Gasteiger partial charge in [-0.2, -0.15) is 18.4 Å². The fourth-order valence-corrected chi connectivity index (χ4v) is 7.31. The summed E-state index contributed by atoms with van der Waals surface area (Å²) in [5.41, 5.74) is 2.51. The molecule has 1 unspecified atom stereocenters. The first-order valence-corrected chi connectivity index (χ1v) is 16.3.